The number of aliphatic imine (C=N–C) groups is 1. The molecule has 0 aromatic heterocycles. The highest BCUT2D eigenvalue weighted by Gasteiger charge is 2.52. The number of benzene rings is 1. The van der Waals surface area contributed by atoms with Crippen LogP contribution >= 0.6 is 0 Å². The number of alkyl halides is 2. The Hall–Kier alpha value is -1.90. The summed E-state index contributed by atoms with van der Waals surface area (Å²) in [5, 5.41) is 2.40. The highest BCUT2D eigenvalue weighted by Crippen LogP contribution is 2.44. The zero-order chi connectivity index (χ0) is 19.3. The summed E-state index contributed by atoms with van der Waals surface area (Å²) >= 11 is 0. The first-order valence-electron chi connectivity index (χ1n) is 8.23. The minimum atomic E-state index is -3.00. The number of nitrogens with one attached hydrogen (secondary N) is 1. The molecule has 0 spiro atoms. The van der Waals surface area contributed by atoms with Crippen molar-refractivity contribution in [3.63, 3.8) is 0 Å². The van der Waals surface area contributed by atoms with Crippen molar-refractivity contribution < 1.29 is 22.2 Å². The third-order valence-corrected chi connectivity index (χ3v) is 6.97. The molecule has 1 heterocycles. The minimum Gasteiger partial charge on any atom is -0.386 e. The third kappa shape index (κ3) is 3.24. The van der Waals surface area contributed by atoms with Crippen LogP contribution in [0.2, 0.25) is 0 Å². The zero-order valence-corrected chi connectivity index (χ0v) is 15.2. The summed E-state index contributed by atoms with van der Waals surface area (Å²) in [6, 6.07) is 3.00. The van der Waals surface area contributed by atoms with Crippen LogP contribution in [0.5, 0.6) is 0 Å². The molecule has 142 valence electrons. The predicted octanol–water partition coefficient (Wildman–Crippen LogP) is 2.75. The average molecular weight is 387 g/mol. The van der Waals surface area contributed by atoms with E-state index in [0.29, 0.717) is 0 Å². The number of nitrogens with zero attached hydrogens (tertiary/aromatic N) is 1. The standard InChI is InChI=1S/C17H20F3N3O2S/c1-16(2)15(21)23-13(8-26(16)25)10-7-9(3-4-12(10)18)22-14(24)11-5-6-17(11,19)20/h3-4,7,11,13H,5-6,8H2,1-2H3,(H2,21,23)(H,22,24). The Bertz CT molecular complexity index is 810. The first kappa shape index (κ1) is 18.9. The quantitative estimate of drug-likeness (QED) is 0.836. The molecule has 1 saturated carbocycles. The second-order valence-electron chi connectivity index (χ2n) is 7.13. The van der Waals surface area contributed by atoms with Gasteiger partial charge in [0.05, 0.1) is 16.5 Å². The summed E-state index contributed by atoms with van der Waals surface area (Å²) in [6.45, 7) is 3.40. The number of carbonyl (C=O) groups excluding carboxylic acids is 1. The highest BCUT2D eigenvalue weighted by molar-refractivity contribution is 7.87. The highest BCUT2D eigenvalue weighted by atomic mass is 32.2. The van der Waals surface area contributed by atoms with Crippen LogP contribution in [0.4, 0.5) is 18.9 Å². The fraction of sp³-hybridized carbons (Fsp3) is 0.529. The molecule has 9 heteroatoms. The lowest BCUT2D eigenvalue weighted by molar-refractivity contribution is -0.157. The van der Waals surface area contributed by atoms with Gasteiger partial charge in [0, 0.05) is 28.5 Å². The minimum absolute atomic E-state index is 0.0860. The van der Waals surface area contributed by atoms with Crippen LogP contribution in [0.15, 0.2) is 23.2 Å². The maximum Gasteiger partial charge on any atom is 0.259 e. The molecule has 2 aliphatic rings. The van der Waals surface area contributed by atoms with Crippen LogP contribution in [0.3, 0.4) is 0 Å². The van der Waals surface area contributed by atoms with Crippen molar-refractivity contribution >= 4 is 28.2 Å². The number of amidine groups is 1. The Kier molecular flexibility index (Phi) is 4.62. The molecular weight excluding hydrogens is 367 g/mol. The molecule has 3 atom stereocenters. The molecule has 3 rings (SSSR count). The summed E-state index contributed by atoms with van der Waals surface area (Å²) in [4.78, 5) is 16.2. The Morgan fingerprint density at radius 1 is 1.38 bits per heavy atom. The molecule has 26 heavy (non-hydrogen) atoms. The van der Waals surface area contributed by atoms with Gasteiger partial charge in [-0.3, -0.25) is 14.0 Å². The monoisotopic (exact) mass is 387 g/mol. The maximum atomic E-state index is 14.3. The van der Waals surface area contributed by atoms with Gasteiger partial charge in [0.15, 0.2) is 0 Å². The van der Waals surface area contributed by atoms with E-state index in [1.165, 1.54) is 12.1 Å². The van der Waals surface area contributed by atoms with E-state index in [4.69, 9.17) is 5.73 Å². The zero-order valence-electron chi connectivity index (χ0n) is 14.4. The summed E-state index contributed by atoms with van der Waals surface area (Å²) in [6.07, 6.45) is -0.193. The second kappa shape index (κ2) is 6.37. The van der Waals surface area contributed by atoms with Gasteiger partial charge in [-0.25, -0.2) is 13.2 Å². The van der Waals surface area contributed by atoms with E-state index in [2.05, 4.69) is 10.3 Å². The largest absolute Gasteiger partial charge is 0.386 e. The molecule has 0 saturated heterocycles. The fourth-order valence-electron chi connectivity index (χ4n) is 2.92. The van der Waals surface area contributed by atoms with Gasteiger partial charge in [0.2, 0.25) is 5.91 Å². The van der Waals surface area contributed by atoms with E-state index in [9.17, 15) is 22.2 Å². The van der Waals surface area contributed by atoms with Crippen LogP contribution in [-0.4, -0.2) is 32.4 Å². The van der Waals surface area contributed by atoms with Crippen LogP contribution in [-0.2, 0) is 15.6 Å². The topological polar surface area (TPSA) is 84.5 Å². The summed E-state index contributed by atoms with van der Waals surface area (Å²) in [5.41, 5.74) is 6.19. The SMILES string of the molecule is CC1(C)C(N)=NC(c2cc(NC(=O)C3CCC3(F)F)ccc2F)CS1=O. The smallest absolute Gasteiger partial charge is 0.259 e. The average Bonchev–Trinajstić information content (AvgIpc) is 2.53. The molecule has 5 nitrogen and oxygen atoms in total. The normalized spacial score (nSPS) is 29.4. The molecule has 1 aliphatic carbocycles. The molecule has 0 bridgehead atoms. The van der Waals surface area contributed by atoms with Gasteiger partial charge in [-0.05, 0) is 38.5 Å². The van der Waals surface area contributed by atoms with Gasteiger partial charge in [0.1, 0.15) is 17.6 Å². The number of hydrogen-bond donors (Lipinski definition) is 2. The Morgan fingerprint density at radius 3 is 2.62 bits per heavy atom. The number of nitrogens with two attached hydrogens (primary N) is 1. The van der Waals surface area contributed by atoms with Gasteiger partial charge in [-0.1, -0.05) is 0 Å². The summed E-state index contributed by atoms with van der Waals surface area (Å²) < 4.78 is 52.5. The van der Waals surface area contributed by atoms with E-state index in [0.717, 1.165) is 6.07 Å². The number of rotatable bonds is 3. The first-order chi connectivity index (χ1) is 12.0. The van der Waals surface area contributed by atoms with Crippen molar-refractivity contribution in [2.45, 2.75) is 43.4 Å². The Balaban J connectivity index is 1.84. The first-order valence-corrected chi connectivity index (χ1v) is 9.54. The summed E-state index contributed by atoms with van der Waals surface area (Å²) in [7, 11) is -1.36. The summed E-state index contributed by atoms with van der Waals surface area (Å²) in [5.74, 6) is -5.51. The van der Waals surface area contributed by atoms with E-state index < -0.39 is 45.2 Å². The van der Waals surface area contributed by atoms with Gasteiger partial charge >= 0.3 is 0 Å². The Labute approximate surface area is 151 Å². The lowest BCUT2D eigenvalue weighted by atomic mass is 9.80. The fourth-order valence-corrected chi connectivity index (χ4v) is 4.17. The van der Waals surface area contributed by atoms with Gasteiger partial charge in [0.25, 0.3) is 5.92 Å². The number of hydrogen-bond acceptors (Lipinski definition) is 4. The number of amides is 1. The maximum absolute atomic E-state index is 14.3. The molecule has 1 aliphatic heterocycles. The van der Waals surface area contributed by atoms with Crippen molar-refractivity contribution in [1.29, 1.82) is 0 Å². The van der Waals surface area contributed by atoms with Crippen LogP contribution < -0.4 is 11.1 Å². The van der Waals surface area contributed by atoms with E-state index in [1.807, 2.05) is 0 Å². The van der Waals surface area contributed by atoms with Crippen LogP contribution in [0.25, 0.3) is 0 Å². The number of carbonyl (C=O) groups is 1. The lowest BCUT2D eigenvalue weighted by Gasteiger charge is -2.34. The van der Waals surface area contributed by atoms with Crippen molar-refractivity contribution in [3.8, 4) is 0 Å². The number of anilines is 1. The van der Waals surface area contributed by atoms with Gasteiger partial charge in [-0.2, -0.15) is 0 Å². The van der Waals surface area contributed by atoms with Crippen molar-refractivity contribution in [3.05, 3.63) is 29.6 Å². The molecule has 1 aromatic carbocycles. The van der Waals surface area contributed by atoms with E-state index in [-0.39, 0.29) is 35.7 Å². The van der Waals surface area contributed by atoms with Crippen molar-refractivity contribution in [2.24, 2.45) is 16.6 Å². The van der Waals surface area contributed by atoms with Crippen molar-refractivity contribution in [1.82, 2.24) is 0 Å². The lowest BCUT2D eigenvalue weighted by Crippen LogP contribution is -2.47. The molecule has 1 amide bonds. The Morgan fingerprint density at radius 2 is 2.08 bits per heavy atom. The van der Waals surface area contributed by atoms with E-state index >= 15 is 0 Å². The molecule has 3 N–H and O–H groups in total. The number of halogens is 3. The van der Waals surface area contributed by atoms with Crippen LogP contribution in [0, 0.1) is 11.7 Å². The molecule has 1 aromatic rings. The van der Waals surface area contributed by atoms with E-state index in [1.54, 1.807) is 13.8 Å². The van der Waals surface area contributed by atoms with Gasteiger partial charge < -0.3 is 11.1 Å². The van der Waals surface area contributed by atoms with Crippen LogP contribution in [0.1, 0.15) is 38.3 Å². The second-order valence-corrected chi connectivity index (χ2v) is 9.18. The molecule has 0 radical (unpaired) electrons. The van der Waals surface area contributed by atoms with Gasteiger partial charge in [-0.15, -0.1) is 0 Å². The van der Waals surface area contributed by atoms with Crippen molar-refractivity contribution in [2.75, 3.05) is 11.1 Å². The molecule has 3 unspecified atom stereocenters. The third-order valence-electron chi connectivity index (χ3n) is 5.01. The molecule has 1 fully saturated rings. The predicted molar refractivity (Wildman–Crippen MR) is 94.2 cm³/mol. The molecular formula is C17H20F3N3O2S.